The van der Waals surface area contributed by atoms with Crippen LogP contribution in [0.4, 0.5) is 5.82 Å². The van der Waals surface area contributed by atoms with Crippen LogP contribution in [0.15, 0.2) is 10.7 Å². The molecule has 1 rings (SSSR count). The minimum atomic E-state index is 0.426. The maximum Gasteiger partial charge on any atom is 0.159 e. The molecule has 0 aliphatic rings. The van der Waals surface area contributed by atoms with E-state index in [9.17, 15) is 0 Å². The monoisotopic (exact) mass is 205 g/mol. The van der Waals surface area contributed by atoms with Gasteiger partial charge in [0.05, 0.1) is 4.47 Å². The van der Waals surface area contributed by atoms with Crippen LogP contribution in [0, 0.1) is 0 Å². The highest BCUT2D eigenvalue weighted by Crippen LogP contribution is 2.15. The van der Waals surface area contributed by atoms with Gasteiger partial charge >= 0.3 is 0 Å². The van der Waals surface area contributed by atoms with E-state index in [1.165, 1.54) is 0 Å². The molecule has 0 radical (unpaired) electrons. The number of hydrogen-bond donors (Lipinski definition) is 1. The van der Waals surface area contributed by atoms with Gasteiger partial charge < -0.3 is 10.5 Å². The molecule has 1 aromatic heterocycles. The van der Waals surface area contributed by atoms with Crippen LogP contribution in [0.5, 0.6) is 0 Å². The lowest BCUT2D eigenvalue weighted by Crippen LogP contribution is -2.00. The lowest BCUT2D eigenvalue weighted by Gasteiger charge is -1.94. The smallest absolute Gasteiger partial charge is 0.159 e. The number of anilines is 1. The predicted molar refractivity (Wildman–Crippen MR) is 41.3 cm³/mol. The summed E-state index contributed by atoms with van der Waals surface area (Å²) >= 11 is 3.22. The van der Waals surface area contributed by atoms with E-state index >= 15 is 0 Å². The minimum absolute atomic E-state index is 0.426. The molecule has 1 aromatic rings. The SMILES string of the molecule is COCn1cc(Br)c(N)n1. The molecule has 0 saturated heterocycles. The highest BCUT2D eigenvalue weighted by atomic mass is 79.9. The first-order chi connectivity index (χ1) is 4.74. The van der Waals surface area contributed by atoms with Crippen LogP contribution in [0.2, 0.25) is 0 Å². The van der Waals surface area contributed by atoms with Crippen LogP contribution < -0.4 is 5.73 Å². The van der Waals surface area contributed by atoms with Crippen LogP contribution in [0.3, 0.4) is 0 Å². The zero-order valence-corrected chi connectivity index (χ0v) is 7.13. The normalized spacial score (nSPS) is 10.2. The number of methoxy groups -OCH3 is 1. The number of nitrogens with zero attached hydrogens (tertiary/aromatic N) is 2. The van der Waals surface area contributed by atoms with Crippen molar-refractivity contribution in [1.29, 1.82) is 0 Å². The zero-order chi connectivity index (χ0) is 7.56. The molecule has 4 nitrogen and oxygen atoms in total. The van der Waals surface area contributed by atoms with Crippen molar-refractivity contribution in [2.24, 2.45) is 0 Å². The molecular formula is C5H8BrN3O. The molecule has 56 valence electrons. The molecule has 10 heavy (non-hydrogen) atoms. The van der Waals surface area contributed by atoms with Crippen molar-refractivity contribution < 1.29 is 4.74 Å². The first-order valence-electron chi connectivity index (χ1n) is 2.71. The molecule has 0 spiro atoms. The Bertz CT molecular complexity index is 203. The molecule has 0 saturated carbocycles. The van der Waals surface area contributed by atoms with Gasteiger partial charge in [0.25, 0.3) is 0 Å². The second-order valence-electron chi connectivity index (χ2n) is 1.82. The van der Waals surface area contributed by atoms with Crippen molar-refractivity contribution in [3.8, 4) is 0 Å². The lowest BCUT2D eigenvalue weighted by molar-refractivity contribution is 0.121. The Hall–Kier alpha value is -0.550. The van der Waals surface area contributed by atoms with Gasteiger partial charge in [-0.2, -0.15) is 5.10 Å². The third-order valence-corrected chi connectivity index (χ3v) is 1.62. The van der Waals surface area contributed by atoms with E-state index in [0.29, 0.717) is 12.5 Å². The second-order valence-corrected chi connectivity index (χ2v) is 2.67. The van der Waals surface area contributed by atoms with E-state index in [2.05, 4.69) is 21.0 Å². The van der Waals surface area contributed by atoms with Gasteiger partial charge in [0.1, 0.15) is 6.73 Å². The average molecular weight is 206 g/mol. The Labute approximate surface area is 67.1 Å². The van der Waals surface area contributed by atoms with E-state index in [1.807, 2.05) is 0 Å². The standard InChI is InChI=1S/C5H8BrN3O/c1-10-3-9-2-4(6)5(7)8-9/h2H,3H2,1H3,(H2,7,8). The molecule has 0 fully saturated rings. The lowest BCUT2D eigenvalue weighted by atomic mass is 10.7. The molecule has 1 heterocycles. The predicted octanol–water partition coefficient (Wildman–Crippen LogP) is 0.832. The van der Waals surface area contributed by atoms with Gasteiger partial charge in [0.15, 0.2) is 5.82 Å². The maximum atomic E-state index is 5.44. The van der Waals surface area contributed by atoms with Crippen molar-refractivity contribution in [2.75, 3.05) is 12.8 Å². The Kier molecular flexibility index (Phi) is 2.29. The molecule has 0 aliphatic heterocycles. The number of aromatic nitrogens is 2. The highest BCUT2D eigenvalue weighted by molar-refractivity contribution is 9.10. The van der Waals surface area contributed by atoms with Crippen molar-refractivity contribution >= 4 is 21.7 Å². The Morgan fingerprint density at radius 2 is 2.60 bits per heavy atom. The number of ether oxygens (including phenoxy) is 1. The van der Waals surface area contributed by atoms with Gasteiger partial charge in [-0.05, 0) is 15.9 Å². The first-order valence-corrected chi connectivity index (χ1v) is 3.50. The van der Waals surface area contributed by atoms with Crippen LogP contribution >= 0.6 is 15.9 Å². The Morgan fingerprint density at radius 3 is 3.00 bits per heavy atom. The third kappa shape index (κ3) is 1.48. The van der Waals surface area contributed by atoms with Gasteiger partial charge in [-0.1, -0.05) is 0 Å². The Morgan fingerprint density at radius 1 is 1.90 bits per heavy atom. The summed E-state index contributed by atoms with van der Waals surface area (Å²) in [5.41, 5.74) is 5.44. The molecule has 0 atom stereocenters. The summed E-state index contributed by atoms with van der Waals surface area (Å²) < 4.78 is 7.23. The molecule has 0 amide bonds. The summed E-state index contributed by atoms with van der Waals surface area (Å²) in [5, 5.41) is 3.92. The first kappa shape index (κ1) is 7.56. The summed E-state index contributed by atoms with van der Waals surface area (Å²) in [6.07, 6.45) is 1.76. The number of halogens is 1. The van der Waals surface area contributed by atoms with E-state index in [4.69, 9.17) is 10.5 Å². The fourth-order valence-corrected chi connectivity index (χ4v) is 0.926. The zero-order valence-electron chi connectivity index (χ0n) is 5.54. The average Bonchev–Trinajstić information content (AvgIpc) is 2.14. The van der Waals surface area contributed by atoms with Crippen LogP contribution in [0.25, 0.3) is 0 Å². The van der Waals surface area contributed by atoms with Gasteiger partial charge in [-0.3, -0.25) is 0 Å². The van der Waals surface area contributed by atoms with Crippen molar-refractivity contribution in [3.63, 3.8) is 0 Å². The van der Waals surface area contributed by atoms with E-state index < -0.39 is 0 Å². The van der Waals surface area contributed by atoms with Gasteiger partial charge in [0.2, 0.25) is 0 Å². The summed E-state index contributed by atoms with van der Waals surface area (Å²) in [5.74, 6) is 0.483. The van der Waals surface area contributed by atoms with Gasteiger partial charge in [0, 0.05) is 13.3 Å². The molecule has 0 unspecified atom stereocenters. The van der Waals surface area contributed by atoms with Gasteiger partial charge in [-0.15, -0.1) is 0 Å². The van der Waals surface area contributed by atoms with Crippen molar-refractivity contribution in [3.05, 3.63) is 10.7 Å². The molecular weight excluding hydrogens is 198 g/mol. The summed E-state index contributed by atoms with van der Waals surface area (Å²) in [6.45, 7) is 0.426. The maximum absolute atomic E-state index is 5.44. The number of nitrogens with two attached hydrogens (primary N) is 1. The van der Waals surface area contributed by atoms with Crippen molar-refractivity contribution in [2.45, 2.75) is 6.73 Å². The molecule has 0 bridgehead atoms. The van der Waals surface area contributed by atoms with Crippen LogP contribution in [-0.4, -0.2) is 16.9 Å². The molecule has 5 heteroatoms. The number of rotatable bonds is 2. The van der Waals surface area contributed by atoms with Crippen LogP contribution in [0.1, 0.15) is 0 Å². The van der Waals surface area contributed by atoms with Gasteiger partial charge in [-0.25, -0.2) is 4.68 Å². The quantitative estimate of drug-likeness (QED) is 0.779. The summed E-state index contributed by atoms with van der Waals surface area (Å²) in [7, 11) is 1.60. The Balaban J connectivity index is 2.77. The molecule has 0 aromatic carbocycles. The molecule has 2 N–H and O–H groups in total. The highest BCUT2D eigenvalue weighted by Gasteiger charge is 1.99. The van der Waals surface area contributed by atoms with E-state index in [-0.39, 0.29) is 0 Å². The van der Waals surface area contributed by atoms with Crippen molar-refractivity contribution in [1.82, 2.24) is 9.78 Å². The second kappa shape index (κ2) is 3.03. The largest absolute Gasteiger partial charge is 0.381 e. The molecule has 0 aliphatic carbocycles. The minimum Gasteiger partial charge on any atom is -0.381 e. The van der Waals surface area contributed by atoms with E-state index in [0.717, 1.165) is 4.47 Å². The third-order valence-electron chi connectivity index (χ3n) is 1.00. The van der Waals surface area contributed by atoms with E-state index in [1.54, 1.807) is 18.0 Å². The fraction of sp³-hybridized carbons (Fsp3) is 0.400. The fourth-order valence-electron chi connectivity index (χ4n) is 0.610. The number of nitrogen functional groups attached to an aromatic ring is 1. The summed E-state index contributed by atoms with van der Waals surface area (Å²) in [4.78, 5) is 0. The van der Waals surface area contributed by atoms with Crippen LogP contribution in [-0.2, 0) is 11.5 Å². The topological polar surface area (TPSA) is 53.1 Å². The summed E-state index contributed by atoms with van der Waals surface area (Å²) in [6, 6.07) is 0. The number of hydrogen-bond acceptors (Lipinski definition) is 3.